The van der Waals surface area contributed by atoms with Crippen molar-refractivity contribution in [1.29, 1.82) is 0 Å². The van der Waals surface area contributed by atoms with Crippen LogP contribution in [0.5, 0.6) is 0 Å². The number of aryl methyl sites for hydroxylation is 2. The molecule has 3 rings (SSSR count). The molecular formula is C17H22N4. The van der Waals surface area contributed by atoms with Crippen molar-refractivity contribution in [3.8, 4) is 0 Å². The zero-order chi connectivity index (χ0) is 14.7. The predicted octanol–water partition coefficient (Wildman–Crippen LogP) is 3.19. The van der Waals surface area contributed by atoms with Gasteiger partial charge in [0.2, 0.25) is 5.95 Å². The maximum Gasteiger partial charge on any atom is 0.224 e. The van der Waals surface area contributed by atoms with E-state index in [2.05, 4.69) is 51.8 Å². The maximum absolute atomic E-state index is 4.58. The molecule has 0 spiro atoms. The number of benzene rings is 1. The minimum Gasteiger partial charge on any atom is -0.367 e. The molecule has 1 unspecified atom stereocenters. The summed E-state index contributed by atoms with van der Waals surface area (Å²) in [5, 5.41) is 6.76. The SMILES string of the molecule is CCNc1ncc(C)c(NC2CCc3ccccc3C2)n1. The number of fused-ring (bicyclic) bond motifs is 1. The summed E-state index contributed by atoms with van der Waals surface area (Å²) in [6.45, 7) is 4.93. The van der Waals surface area contributed by atoms with Crippen LogP contribution in [-0.2, 0) is 12.8 Å². The van der Waals surface area contributed by atoms with Gasteiger partial charge >= 0.3 is 0 Å². The molecule has 0 radical (unpaired) electrons. The Morgan fingerprint density at radius 1 is 1.24 bits per heavy atom. The molecule has 1 atom stereocenters. The van der Waals surface area contributed by atoms with Crippen molar-refractivity contribution in [2.75, 3.05) is 17.2 Å². The van der Waals surface area contributed by atoms with Gasteiger partial charge in [-0.3, -0.25) is 0 Å². The second-order valence-corrected chi connectivity index (χ2v) is 5.61. The van der Waals surface area contributed by atoms with Gasteiger partial charge < -0.3 is 10.6 Å². The summed E-state index contributed by atoms with van der Waals surface area (Å²) >= 11 is 0. The molecule has 1 aliphatic carbocycles. The Hall–Kier alpha value is -2.10. The van der Waals surface area contributed by atoms with Crippen molar-refractivity contribution >= 4 is 11.8 Å². The summed E-state index contributed by atoms with van der Waals surface area (Å²) in [5.74, 6) is 1.65. The van der Waals surface area contributed by atoms with Crippen LogP contribution in [0, 0.1) is 6.92 Å². The first-order valence-electron chi connectivity index (χ1n) is 7.67. The van der Waals surface area contributed by atoms with E-state index in [1.165, 1.54) is 11.1 Å². The summed E-state index contributed by atoms with van der Waals surface area (Å²) in [6.07, 6.45) is 5.23. The van der Waals surface area contributed by atoms with Gasteiger partial charge in [-0.15, -0.1) is 0 Å². The second-order valence-electron chi connectivity index (χ2n) is 5.61. The number of anilines is 2. The van der Waals surface area contributed by atoms with Crippen LogP contribution in [0.15, 0.2) is 30.5 Å². The Morgan fingerprint density at radius 2 is 2.05 bits per heavy atom. The molecule has 0 aliphatic heterocycles. The molecule has 4 nitrogen and oxygen atoms in total. The average Bonchev–Trinajstić information content (AvgIpc) is 2.51. The predicted molar refractivity (Wildman–Crippen MR) is 86.8 cm³/mol. The zero-order valence-electron chi connectivity index (χ0n) is 12.7. The molecule has 0 fully saturated rings. The van der Waals surface area contributed by atoms with E-state index in [1.807, 2.05) is 13.1 Å². The second kappa shape index (κ2) is 6.12. The third-order valence-corrected chi connectivity index (χ3v) is 3.99. The van der Waals surface area contributed by atoms with E-state index in [1.54, 1.807) is 0 Å². The van der Waals surface area contributed by atoms with Crippen LogP contribution in [0.1, 0.15) is 30.0 Å². The van der Waals surface area contributed by atoms with E-state index < -0.39 is 0 Å². The molecule has 1 heterocycles. The molecule has 0 amide bonds. The topological polar surface area (TPSA) is 49.8 Å². The molecule has 0 bridgehead atoms. The van der Waals surface area contributed by atoms with E-state index >= 15 is 0 Å². The maximum atomic E-state index is 4.58. The first-order valence-corrected chi connectivity index (χ1v) is 7.67. The van der Waals surface area contributed by atoms with Crippen molar-refractivity contribution in [3.63, 3.8) is 0 Å². The third kappa shape index (κ3) is 3.15. The third-order valence-electron chi connectivity index (χ3n) is 3.99. The molecule has 1 aromatic carbocycles. The lowest BCUT2D eigenvalue weighted by atomic mass is 9.88. The van der Waals surface area contributed by atoms with Crippen molar-refractivity contribution < 1.29 is 0 Å². The van der Waals surface area contributed by atoms with Crippen LogP contribution in [0.3, 0.4) is 0 Å². The Bertz CT molecular complexity index is 624. The smallest absolute Gasteiger partial charge is 0.224 e. The highest BCUT2D eigenvalue weighted by atomic mass is 15.1. The van der Waals surface area contributed by atoms with Crippen LogP contribution in [0.2, 0.25) is 0 Å². The summed E-state index contributed by atoms with van der Waals surface area (Å²) in [5.41, 5.74) is 4.04. The average molecular weight is 282 g/mol. The van der Waals surface area contributed by atoms with E-state index in [0.29, 0.717) is 12.0 Å². The number of nitrogens with zero attached hydrogens (tertiary/aromatic N) is 2. The van der Waals surface area contributed by atoms with Gasteiger partial charge in [0.1, 0.15) is 5.82 Å². The quantitative estimate of drug-likeness (QED) is 0.904. The van der Waals surface area contributed by atoms with Crippen LogP contribution in [0.25, 0.3) is 0 Å². The molecular weight excluding hydrogens is 260 g/mol. The van der Waals surface area contributed by atoms with E-state index in [4.69, 9.17) is 0 Å². The molecule has 2 aromatic rings. The largest absolute Gasteiger partial charge is 0.367 e. The summed E-state index contributed by atoms with van der Waals surface area (Å²) in [6, 6.07) is 9.18. The lowest BCUT2D eigenvalue weighted by Crippen LogP contribution is -2.28. The van der Waals surface area contributed by atoms with Crippen LogP contribution in [-0.4, -0.2) is 22.6 Å². The monoisotopic (exact) mass is 282 g/mol. The Kier molecular flexibility index (Phi) is 4.04. The fourth-order valence-corrected chi connectivity index (χ4v) is 2.85. The fraction of sp³-hybridized carbons (Fsp3) is 0.412. The minimum absolute atomic E-state index is 0.447. The number of nitrogens with one attached hydrogen (secondary N) is 2. The first kappa shape index (κ1) is 13.9. The summed E-state index contributed by atoms with van der Waals surface area (Å²) in [4.78, 5) is 8.87. The molecule has 0 saturated carbocycles. The molecule has 1 aliphatic rings. The normalized spacial score (nSPS) is 17.1. The lowest BCUT2D eigenvalue weighted by Gasteiger charge is -2.26. The van der Waals surface area contributed by atoms with Crippen molar-refractivity contribution in [3.05, 3.63) is 47.2 Å². The van der Waals surface area contributed by atoms with E-state index in [9.17, 15) is 0 Å². The summed E-state index contributed by atoms with van der Waals surface area (Å²) < 4.78 is 0. The van der Waals surface area contributed by atoms with Gasteiger partial charge in [0, 0.05) is 24.3 Å². The van der Waals surface area contributed by atoms with E-state index in [0.717, 1.165) is 37.2 Å². The van der Waals surface area contributed by atoms with Gasteiger partial charge in [0.05, 0.1) is 0 Å². The molecule has 4 heteroatoms. The first-order chi connectivity index (χ1) is 10.3. The van der Waals surface area contributed by atoms with Gasteiger partial charge in [-0.1, -0.05) is 24.3 Å². The summed E-state index contributed by atoms with van der Waals surface area (Å²) in [7, 11) is 0. The van der Waals surface area contributed by atoms with Crippen LogP contribution < -0.4 is 10.6 Å². The highest BCUT2D eigenvalue weighted by Crippen LogP contribution is 2.24. The molecule has 21 heavy (non-hydrogen) atoms. The van der Waals surface area contributed by atoms with E-state index in [-0.39, 0.29) is 0 Å². The lowest BCUT2D eigenvalue weighted by molar-refractivity contribution is 0.608. The fourth-order valence-electron chi connectivity index (χ4n) is 2.85. The number of aromatic nitrogens is 2. The number of hydrogen-bond acceptors (Lipinski definition) is 4. The van der Waals surface area contributed by atoms with Crippen molar-refractivity contribution in [2.45, 2.75) is 39.2 Å². The standard InChI is InChI=1S/C17H22N4/c1-3-18-17-19-11-12(2)16(21-17)20-15-9-8-13-6-4-5-7-14(13)10-15/h4-7,11,15H,3,8-10H2,1-2H3,(H2,18,19,20,21). The minimum atomic E-state index is 0.447. The molecule has 1 aromatic heterocycles. The van der Waals surface area contributed by atoms with Crippen molar-refractivity contribution in [2.24, 2.45) is 0 Å². The molecule has 110 valence electrons. The van der Waals surface area contributed by atoms with Crippen LogP contribution in [0.4, 0.5) is 11.8 Å². The highest BCUT2D eigenvalue weighted by molar-refractivity contribution is 5.48. The molecule has 2 N–H and O–H groups in total. The Balaban J connectivity index is 1.74. The number of hydrogen-bond donors (Lipinski definition) is 2. The zero-order valence-corrected chi connectivity index (χ0v) is 12.7. The van der Waals surface area contributed by atoms with Gasteiger partial charge in [-0.25, -0.2) is 4.98 Å². The highest BCUT2D eigenvalue weighted by Gasteiger charge is 2.19. The van der Waals surface area contributed by atoms with Gasteiger partial charge in [-0.2, -0.15) is 4.98 Å². The van der Waals surface area contributed by atoms with Gasteiger partial charge in [0.15, 0.2) is 0 Å². The Labute approximate surface area is 126 Å². The van der Waals surface area contributed by atoms with Gasteiger partial charge in [-0.05, 0) is 44.2 Å². The van der Waals surface area contributed by atoms with Crippen LogP contribution >= 0.6 is 0 Å². The van der Waals surface area contributed by atoms with Gasteiger partial charge in [0.25, 0.3) is 0 Å². The van der Waals surface area contributed by atoms with Crippen molar-refractivity contribution in [1.82, 2.24) is 9.97 Å². The Morgan fingerprint density at radius 3 is 2.86 bits per heavy atom. The molecule has 0 saturated heterocycles. The number of rotatable bonds is 4.